The third-order valence-electron chi connectivity index (χ3n) is 3.20. The van der Waals surface area contributed by atoms with Gasteiger partial charge in [-0.2, -0.15) is 5.10 Å². The first-order valence-corrected chi connectivity index (χ1v) is 6.80. The maximum atomic E-state index is 9.01. The summed E-state index contributed by atoms with van der Waals surface area (Å²) in [4.78, 5) is 0. The molecule has 0 amide bonds. The van der Waals surface area contributed by atoms with E-state index in [0.717, 1.165) is 22.8 Å². The molecule has 0 atom stereocenters. The summed E-state index contributed by atoms with van der Waals surface area (Å²) < 4.78 is 7.32. The second-order valence-corrected chi connectivity index (χ2v) is 4.80. The lowest BCUT2D eigenvalue weighted by Gasteiger charge is -2.11. The molecule has 0 fully saturated rings. The van der Waals surface area contributed by atoms with Gasteiger partial charge in [0.2, 0.25) is 0 Å². The van der Waals surface area contributed by atoms with Crippen LogP contribution >= 0.6 is 0 Å². The number of aromatic nitrogens is 2. The Kier molecular flexibility index (Phi) is 3.75. The Labute approximate surface area is 122 Å². The third-order valence-corrected chi connectivity index (χ3v) is 3.20. The van der Waals surface area contributed by atoms with Crippen LogP contribution in [0.3, 0.4) is 0 Å². The number of nitrogens with one attached hydrogen (secondary N) is 1. The highest BCUT2D eigenvalue weighted by Crippen LogP contribution is 2.20. The smallest absolute Gasteiger partial charge is 0.129 e. The highest BCUT2D eigenvalue weighted by atomic mass is 16.4. The van der Waals surface area contributed by atoms with Gasteiger partial charge in [0.15, 0.2) is 0 Å². The quantitative estimate of drug-likeness (QED) is 0.755. The Morgan fingerprint density at radius 2 is 1.95 bits per heavy atom. The lowest BCUT2D eigenvalue weighted by Crippen LogP contribution is -2.04. The van der Waals surface area contributed by atoms with Crippen LogP contribution in [0.15, 0.2) is 53.1 Å². The molecular formula is C16H17N3O2. The number of furan rings is 1. The molecule has 0 unspecified atom stereocenters. The summed E-state index contributed by atoms with van der Waals surface area (Å²) in [6.07, 6.45) is 1.94. The number of para-hydroxylation sites is 2. The number of aliphatic hydroxyl groups is 1. The van der Waals surface area contributed by atoms with Crippen LogP contribution in [0.1, 0.15) is 17.2 Å². The summed E-state index contributed by atoms with van der Waals surface area (Å²) >= 11 is 0. The van der Waals surface area contributed by atoms with Crippen molar-refractivity contribution >= 4 is 5.69 Å². The van der Waals surface area contributed by atoms with Gasteiger partial charge in [-0.05, 0) is 37.3 Å². The van der Waals surface area contributed by atoms with Crippen LogP contribution in [0.25, 0.3) is 5.69 Å². The molecule has 0 aliphatic rings. The average molecular weight is 283 g/mol. The molecule has 5 heteroatoms. The Morgan fingerprint density at radius 1 is 1.14 bits per heavy atom. The largest absolute Gasteiger partial charge is 0.462 e. The number of benzene rings is 1. The second-order valence-electron chi connectivity index (χ2n) is 4.80. The van der Waals surface area contributed by atoms with E-state index in [2.05, 4.69) is 10.4 Å². The number of hydrogen-bond acceptors (Lipinski definition) is 4. The van der Waals surface area contributed by atoms with Crippen LogP contribution in [0.5, 0.6) is 0 Å². The van der Waals surface area contributed by atoms with Crippen molar-refractivity contribution < 1.29 is 9.52 Å². The number of hydrogen-bond donors (Lipinski definition) is 2. The number of nitrogens with zero attached hydrogens (tertiary/aromatic N) is 2. The summed E-state index contributed by atoms with van der Waals surface area (Å²) in [6.45, 7) is 2.44. The van der Waals surface area contributed by atoms with Crippen LogP contribution < -0.4 is 5.32 Å². The standard InChI is InChI=1S/C16H17N3O2/c1-12-8-9-19(18-12)16-5-3-2-4-15(16)17-10-13-6-7-14(11-20)21-13/h2-9,17,20H,10-11H2,1H3. The van der Waals surface area contributed by atoms with Gasteiger partial charge in [0.1, 0.15) is 18.1 Å². The SMILES string of the molecule is Cc1ccn(-c2ccccc2NCc2ccc(CO)o2)n1. The van der Waals surface area contributed by atoms with Crippen molar-refractivity contribution in [3.63, 3.8) is 0 Å². The van der Waals surface area contributed by atoms with Gasteiger partial charge in [0, 0.05) is 6.20 Å². The minimum atomic E-state index is -0.0802. The zero-order chi connectivity index (χ0) is 14.7. The molecule has 5 nitrogen and oxygen atoms in total. The number of anilines is 1. The molecule has 2 heterocycles. The first kappa shape index (κ1) is 13.5. The Balaban J connectivity index is 1.79. The van der Waals surface area contributed by atoms with Crippen LogP contribution in [-0.4, -0.2) is 14.9 Å². The molecule has 2 aromatic heterocycles. The van der Waals surface area contributed by atoms with Crippen molar-refractivity contribution in [1.82, 2.24) is 9.78 Å². The van der Waals surface area contributed by atoms with E-state index in [9.17, 15) is 0 Å². The van der Waals surface area contributed by atoms with Crippen LogP contribution in [0.4, 0.5) is 5.69 Å². The average Bonchev–Trinajstić information content (AvgIpc) is 3.14. The van der Waals surface area contributed by atoms with E-state index in [1.165, 1.54) is 0 Å². The maximum Gasteiger partial charge on any atom is 0.129 e. The van der Waals surface area contributed by atoms with Gasteiger partial charge in [-0.25, -0.2) is 4.68 Å². The molecule has 2 N–H and O–H groups in total. The van der Waals surface area contributed by atoms with Gasteiger partial charge in [-0.15, -0.1) is 0 Å². The number of aliphatic hydroxyl groups excluding tert-OH is 1. The topological polar surface area (TPSA) is 63.2 Å². The molecular weight excluding hydrogens is 266 g/mol. The van der Waals surface area contributed by atoms with Crippen molar-refractivity contribution in [1.29, 1.82) is 0 Å². The Hall–Kier alpha value is -2.53. The van der Waals surface area contributed by atoms with Crippen molar-refractivity contribution in [2.75, 3.05) is 5.32 Å². The summed E-state index contributed by atoms with van der Waals surface area (Å²) in [5, 5.41) is 16.8. The summed E-state index contributed by atoms with van der Waals surface area (Å²) in [7, 11) is 0. The fourth-order valence-corrected chi connectivity index (χ4v) is 2.16. The van der Waals surface area contributed by atoms with E-state index < -0.39 is 0 Å². The highest BCUT2D eigenvalue weighted by Gasteiger charge is 2.06. The van der Waals surface area contributed by atoms with Gasteiger partial charge in [-0.3, -0.25) is 0 Å². The van der Waals surface area contributed by atoms with E-state index >= 15 is 0 Å². The predicted molar refractivity (Wildman–Crippen MR) is 80.3 cm³/mol. The molecule has 21 heavy (non-hydrogen) atoms. The summed E-state index contributed by atoms with van der Waals surface area (Å²) in [5.41, 5.74) is 2.94. The zero-order valence-corrected chi connectivity index (χ0v) is 11.8. The number of aryl methyl sites for hydroxylation is 1. The summed E-state index contributed by atoms with van der Waals surface area (Å²) in [6, 6.07) is 13.6. The molecule has 3 rings (SSSR count). The minimum absolute atomic E-state index is 0.0802. The Bertz CT molecular complexity index is 730. The van der Waals surface area contributed by atoms with Gasteiger partial charge >= 0.3 is 0 Å². The molecule has 0 aliphatic carbocycles. The molecule has 0 aliphatic heterocycles. The molecule has 0 saturated carbocycles. The van der Waals surface area contributed by atoms with Crippen LogP contribution in [-0.2, 0) is 13.2 Å². The molecule has 3 aromatic rings. The first-order valence-electron chi connectivity index (χ1n) is 6.80. The minimum Gasteiger partial charge on any atom is -0.462 e. The van der Waals surface area contributed by atoms with Crippen molar-refractivity contribution in [3.05, 3.63) is 65.9 Å². The van der Waals surface area contributed by atoms with Crippen LogP contribution in [0.2, 0.25) is 0 Å². The Morgan fingerprint density at radius 3 is 2.67 bits per heavy atom. The van der Waals surface area contributed by atoms with E-state index in [0.29, 0.717) is 12.3 Å². The second kappa shape index (κ2) is 5.85. The van der Waals surface area contributed by atoms with Crippen LogP contribution in [0, 0.1) is 6.92 Å². The highest BCUT2D eigenvalue weighted by molar-refractivity contribution is 5.60. The lowest BCUT2D eigenvalue weighted by atomic mass is 10.2. The van der Waals surface area contributed by atoms with E-state index in [-0.39, 0.29) is 6.61 Å². The summed E-state index contributed by atoms with van der Waals surface area (Å²) in [5.74, 6) is 1.35. The molecule has 0 spiro atoms. The van der Waals surface area contributed by atoms with Crippen molar-refractivity contribution in [2.45, 2.75) is 20.1 Å². The van der Waals surface area contributed by atoms with Gasteiger partial charge in [0.25, 0.3) is 0 Å². The van der Waals surface area contributed by atoms with Gasteiger partial charge in [-0.1, -0.05) is 12.1 Å². The molecule has 0 bridgehead atoms. The van der Waals surface area contributed by atoms with Gasteiger partial charge < -0.3 is 14.8 Å². The van der Waals surface area contributed by atoms with Crippen molar-refractivity contribution in [3.8, 4) is 5.69 Å². The monoisotopic (exact) mass is 283 g/mol. The van der Waals surface area contributed by atoms with E-state index in [1.807, 2.05) is 54.2 Å². The van der Waals surface area contributed by atoms with Gasteiger partial charge in [0.05, 0.1) is 23.6 Å². The first-order chi connectivity index (χ1) is 10.3. The maximum absolute atomic E-state index is 9.01. The zero-order valence-electron chi connectivity index (χ0n) is 11.8. The predicted octanol–water partition coefficient (Wildman–Crippen LogP) is 2.88. The fraction of sp³-hybridized carbons (Fsp3) is 0.188. The molecule has 0 saturated heterocycles. The normalized spacial score (nSPS) is 10.8. The molecule has 0 radical (unpaired) electrons. The fourth-order valence-electron chi connectivity index (χ4n) is 2.16. The van der Waals surface area contributed by atoms with E-state index in [4.69, 9.17) is 9.52 Å². The third kappa shape index (κ3) is 2.98. The molecule has 1 aromatic carbocycles. The van der Waals surface area contributed by atoms with Crippen molar-refractivity contribution in [2.24, 2.45) is 0 Å². The molecule has 108 valence electrons. The number of rotatable bonds is 5. The van der Waals surface area contributed by atoms with E-state index in [1.54, 1.807) is 6.07 Å². The lowest BCUT2D eigenvalue weighted by molar-refractivity contribution is 0.244.